The maximum Gasteiger partial charge on any atom is 0.243 e. The van der Waals surface area contributed by atoms with Gasteiger partial charge in [-0.3, -0.25) is 4.79 Å². The van der Waals surface area contributed by atoms with Gasteiger partial charge >= 0.3 is 0 Å². The van der Waals surface area contributed by atoms with Crippen LogP contribution < -0.4 is 11.1 Å². The fraction of sp³-hybridized carbons (Fsp3) is 0.158. The van der Waals surface area contributed by atoms with Gasteiger partial charge in [0.2, 0.25) is 5.91 Å². The Morgan fingerprint density at radius 3 is 2.48 bits per heavy atom. The third-order valence-electron chi connectivity index (χ3n) is 4.55. The Labute approximate surface area is 144 Å². The molecular formula is C19H17FN4O. The van der Waals surface area contributed by atoms with Gasteiger partial charge in [0.15, 0.2) is 0 Å². The number of nitrogens with one attached hydrogen (secondary N) is 1. The Bertz CT molecular complexity index is 934. The van der Waals surface area contributed by atoms with Gasteiger partial charge in [0.05, 0.1) is 17.4 Å². The predicted octanol–water partition coefficient (Wildman–Crippen LogP) is 2.73. The van der Waals surface area contributed by atoms with E-state index in [9.17, 15) is 9.18 Å². The van der Waals surface area contributed by atoms with Crippen LogP contribution in [0.25, 0.3) is 5.69 Å². The second-order valence-corrected chi connectivity index (χ2v) is 6.14. The molecular weight excluding hydrogens is 319 g/mol. The van der Waals surface area contributed by atoms with Gasteiger partial charge in [-0.15, -0.1) is 0 Å². The Morgan fingerprint density at radius 1 is 1.12 bits per heavy atom. The summed E-state index contributed by atoms with van der Waals surface area (Å²) in [7, 11) is 0. The van der Waals surface area contributed by atoms with Gasteiger partial charge < -0.3 is 11.1 Å². The lowest BCUT2D eigenvalue weighted by molar-refractivity contribution is -0.118. The molecule has 3 aromatic rings. The number of carbonyl (C=O) groups excluding carboxylic acids is 1. The van der Waals surface area contributed by atoms with Crippen LogP contribution in [0.5, 0.6) is 0 Å². The van der Waals surface area contributed by atoms with Gasteiger partial charge in [-0.25, -0.2) is 9.07 Å². The summed E-state index contributed by atoms with van der Waals surface area (Å²) in [5.74, 6) is -0.361. The molecule has 1 aromatic heterocycles. The zero-order chi connectivity index (χ0) is 17.6. The number of rotatable bonds is 2. The van der Waals surface area contributed by atoms with E-state index < -0.39 is 6.04 Å². The van der Waals surface area contributed by atoms with Crippen molar-refractivity contribution in [2.45, 2.75) is 18.9 Å². The molecule has 0 saturated carbocycles. The molecule has 0 fully saturated rings. The van der Waals surface area contributed by atoms with Crippen molar-refractivity contribution < 1.29 is 9.18 Å². The van der Waals surface area contributed by atoms with Crippen LogP contribution in [0.4, 0.5) is 10.2 Å². The fourth-order valence-corrected chi connectivity index (χ4v) is 3.36. The molecule has 4 rings (SSSR count). The van der Waals surface area contributed by atoms with E-state index >= 15 is 0 Å². The van der Waals surface area contributed by atoms with E-state index in [0.29, 0.717) is 5.82 Å². The molecule has 2 unspecified atom stereocenters. The zero-order valence-electron chi connectivity index (χ0n) is 13.6. The molecule has 126 valence electrons. The van der Waals surface area contributed by atoms with E-state index in [0.717, 1.165) is 22.5 Å². The van der Waals surface area contributed by atoms with Gasteiger partial charge in [0.25, 0.3) is 0 Å². The van der Waals surface area contributed by atoms with E-state index in [-0.39, 0.29) is 17.6 Å². The Hall–Kier alpha value is -2.99. The first-order valence-electron chi connectivity index (χ1n) is 8.03. The highest BCUT2D eigenvalue weighted by molar-refractivity contribution is 5.99. The van der Waals surface area contributed by atoms with Gasteiger partial charge in [0, 0.05) is 11.5 Å². The third-order valence-corrected chi connectivity index (χ3v) is 4.55. The molecule has 0 radical (unpaired) electrons. The first kappa shape index (κ1) is 15.5. The zero-order valence-corrected chi connectivity index (χ0v) is 13.6. The highest BCUT2D eigenvalue weighted by atomic mass is 19.1. The summed E-state index contributed by atoms with van der Waals surface area (Å²) in [6.07, 6.45) is 0. The predicted molar refractivity (Wildman–Crippen MR) is 93.1 cm³/mol. The van der Waals surface area contributed by atoms with Crippen molar-refractivity contribution in [1.29, 1.82) is 0 Å². The standard InChI is InChI=1S/C19H17FN4O/c1-11-15-16(12-7-9-13(20)10-8-12)17(21)19(25)22-18(15)24(23-11)14-5-3-2-4-6-14/h2-10,16-17H,21H2,1H3,(H,22,25). The number of carbonyl (C=O) groups is 1. The molecule has 1 aliphatic heterocycles. The number of para-hydroxylation sites is 1. The lowest BCUT2D eigenvalue weighted by Gasteiger charge is -2.29. The average molecular weight is 336 g/mol. The third kappa shape index (κ3) is 2.51. The minimum Gasteiger partial charge on any atom is -0.319 e. The number of benzene rings is 2. The van der Waals surface area contributed by atoms with Crippen LogP contribution in [0, 0.1) is 12.7 Å². The quantitative estimate of drug-likeness (QED) is 0.756. The van der Waals surface area contributed by atoms with Crippen LogP contribution in [0.15, 0.2) is 54.6 Å². The van der Waals surface area contributed by atoms with Gasteiger partial charge in [-0.05, 0) is 36.8 Å². The second-order valence-electron chi connectivity index (χ2n) is 6.14. The molecule has 25 heavy (non-hydrogen) atoms. The number of amides is 1. The van der Waals surface area contributed by atoms with Crippen LogP contribution in [0.3, 0.4) is 0 Å². The highest BCUT2D eigenvalue weighted by Gasteiger charge is 2.38. The highest BCUT2D eigenvalue weighted by Crippen LogP contribution is 2.39. The Balaban J connectivity index is 1.91. The number of nitrogens with two attached hydrogens (primary N) is 1. The first-order valence-corrected chi connectivity index (χ1v) is 8.03. The number of nitrogens with zero attached hydrogens (tertiary/aromatic N) is 2. The summed E-state index contributed by atoms with van der Waals surface area (Å²) in [5.41, 5.74) is 9.47. The van der Waals surface area contributed by atoms with Crippen molar-refractivity contribution in [2.75, 3.05) is 5.32 Å². The molecule has 0 aliphatic carbocycles. The number of halogens is 1. The van der Waals surface area contributed by atoms with E-state index in [1.54, 1.807) is 16.8 Å². The first-order chi connectivity index (χ1) is 12.1. The Kier molecular flexibility index (Phi) is 3.62. The molecule has 0 spiro atoms. The summed E-state index contributed by atoms with van der Waals surface area (Å²) in [6, 6.07) is 14.9. The van der Waals surface area contributed by atoms with Crippen molar-refractivity contribution >= 4 is 11.7 Å². The number of anilines is 1. The van der Waals surface area contributed by atoms with Crippen molar-refractivity contribution in [2.24, 2.45) is 5.73 Å². The number of fused-ring (bicyclic) bond motifs is 1. The molecule has 5 nitrogen and oxygen atoms in total. The normalized spacial score (nSPS) is 19.4. The monoisotopic (exact) mass is 336 g/mol. The number of hydrogen-bond acceptors (Lipinski definition) is 3. The lowest BCUT2D eigenvalue weighted by atomic mass is 9.82. The molecule has 2 atom stereocenters. The van der Waals surface area contributed by atoms with Crippen LogP contribution in [0.1, 0.15) is 22.7 Å². The molecule has 0 bridgehead atoms. The van der Waals surface area contributed by atoms with E-state index in [1.807, 2.05) is 37.3 Å². The molecule has 0 saturated heterocycles. The van der Waals surface area contributed by atoms with E-state index in [4.69, 9.17) is 5.73 Å². The van der Waals surface area contributed by atoms with Crippen molar-refractivity contribution in [1.82, 2.24) is 9.78 Å². The van der Waals surface area contributed by atoms with Crippen LogP contribution in [-0.2, 0) is 4.79 Å². The molecule has 1 aliphatic rings. The summed E-state index contributed by atoms with van der Waals surface area (Å²) in [6.45, 7) is 1.89. The Morgan fingerprint density at radius 2 is 1.80 bits per heavy atom. The summed E-state index contributed by atoms with van der Waals surface area (Å²) in [4.78, 5) is 12.4. The van der Waals surface area contributed by atoms with Crippen molar-refractivity contribution in [3.05, 3.63) is 77.2 Å². The van der Waals surface area contributed by atoms with E-state index in [2.05, 4.69) is 10.4 Å². The second kappa shape index (κ2) is 5.82. The minimum atomic E-state index is -0.759. The maximum atomic E-state index is 13.3. The lowest BCUT2D eigenvalue weighted by Crippen LogP contribution is -2.45. The minimum absolute atomic E-state index is 0.279. The van der Waals surface area contributed by atoms with Crippen LogP contribution >= 0.6 is 0 Å². The molecule has 2 aromatic carbocycles. The largest absolute Gasteiger partial charge is 0.319 e. The topological polar surface area (TPSA) is 72.9 Å². The van der Waals surface area contributed by atoms with Gasteiger partial charge in [-0.1, -0.05) is 30.3 Å². The number of hydrogen-bond donors (Lipinski definition) is 2. The van der Waals surface area contributed by atoms with E-state index in [1.165, 1.54) is 12.1 Å². The molecule has 1 amide bonds. The molecule has 6 heteroatoms. The summed E-state index contributed by atoms with van der Waals surface area (Å²) >= 11 is 0. The summed E-state index contributed by atoms with van der Waals surface area (Å²) in [5, 5.41) is 7.47. The van der Waals surface area contributed by atoms with Gasteiger partial charge in [0.1, 0.15) is 11.6 Å². The maximum absolute atomic E-state index is 13.3. The van der Waals surface area contributed by atoms with Gasteiger partial charge in [-0.2, -0.15) is 5.10 Å². The van der Waals surface area contributed by atoms with Crippen molar-refractivity contribution in [3.63, 3.8) is 0 Å². The smallest absolute Gasteiger partial charge is 0.243 e. The molecule has 3 N–H and O–H groups in total. The number of aromatic nitrogens is 2. The SMILES string of the molecule is Cc1nn(-c2ccccc2)c2c1C(c1ccc(F)cc1)C(N)C(=O)N2. The average Bonchev–Trinajstić information content (AvgIpc) is 2.94. The number of aryl methyl sites for hydroxylation is 1. The van der Waals surface area contributed by atoms with Crippen molar-refractivity contribution in [3.8, 4) is 5.69 Å². The van der Waals surface area contributed by atoms with Crippen LogP contribution in [0.2, 0.25) is 0 Å². The van der Waals surface area contributed by atoms with Crippen LogP contribution in [-0.4, -0.2) is 21.7 Å². The summed E-state index contributed by atoms with van der Waals surface area (Å²) < 4.78 is 15.0. The fourth-order valence-electron chi connectivity index (χ4n) is 3.36. The molecule has 2 heterocycles.